The number of hydrogen-bond acceptors (Lipinski definition) is 4. The Hall–Kier alpha value is -1.03. The van der Waals surface area contributed by atoms with Crippen LogP contribution < -0.4 is 5.32 Å². The third-order valence-electron chi connectivity index (χ3n) is 1.87. The first kappa shape index (κ1) is 9.06. The average molecular weight is 171 g/mol. The molecule has 0 spiro atoms. The number of aliphatic hydroxyl groups is 1. The van der Waals surface area contributed by atoms with Crippen LogP contribution in [0.1, 0.15) is 12.8 Å². The van der Waals surface area contributed by atoms with E-state index < -0.39 is 0 Å². The summed E-state index contributed by atoms with van der Waals surface area (Å²) in [5.41, 5.74) is 0.848. The fourth-order valence-corrected chi connectivity index (χ4v) is 1.19. The molecule has 0 aliphatic carbocycles. The Kier molecular flexibility index (Phi) is 3.10. The predicted molar refractivity (Wildman–Crippen MR) is 43.3 cm³/mol. The van der Waals surface area contributed by atoms with Crippen molar-refractivity contribution in [3.8, 4) is 0 Å². The second-order valence-corrected chi connectivity index (χ2v) is 2.76. The van der Waals surface area contributed by atoms with Gasteiger partial charge in [-0.15, -0.1) is 0 Å². The molecule has 1 heterocycles. The van der Waals surface area contributed by atoms with Crippen LogP contribution in [0.5, 0.6) is 0 Å². The summed E-state index contributed by atoms with van der Waals surface area (Å²) in [4.78, 5) is 10.8. The van der Waals surface area contributed by atoms with Crippen LogP contribution in [0.2, 0.25) is 0 Å². The minimum atomic E-state index is -0.351. The maximum Gasteiger partial charge on any atom is 0.332 e. The van der Waals surface area contributed by atoms with Crippen LogP contribution in [-0.4, -0.2) is 30.8 Å². The summed E-state index contributed by atoms with van der Waals surface area (Å²) < 4.78 is 4.46. The van der Waals surface area contributed by atoms with Gasteiger partial charge in [-0.25, -0.2) is 4.79 Å². The highest BCUT2D eigenvalue weighted by molar-refractivity contribution is 5.82. The third-order valence-corrected chi connectivity index (χ3v) is 1.87. The summed E-state index contributed by atoms with van der Waals surface area (Å²) >= 11 is 0. The molecule has 0 aromatic heterocycles. The summed E-state index contributed by atoms with van der Waals surface area (Å²) in [6.07, 6.45) is 3.11. The molecule has 0 radical (unpaired) electrons. The normalized spacial score (nSPS) is 25.5. The van der Waals surface area contributed by atoms with Crippen molar-refractivity contribution in [3.05, 3.63) is 11.8 Å². The van der Waals surface area contributed by atoms with Crippen LogP contribution >= 0.6 is 0 Å². The van der Waals surface area contributed by atoms with Gasteiger partial charge < -0.3 is 15.2 Å². The van der Waals surface area contributed by atoms with E-state index >= 15 is 0 Å². The molecule has 12 heavy (non-hydrogen) atoms. The van der Waals surface area contributed by atoms with Gasteiger partial charge >= 0.3 is 5.97 Å². The molecule has 1 unspecified atom stereocenters. The Morgan fingerprint density at radius 3 is 3.17 bits per heavy atom. The highest BCUT2D eigenvalue weighted by Crippen LogP contribution is 2.14. The van der Waals surface area contributed by atoms with Crippen molar-refractivity contribution in [2.45, 2.75) is 18.9 Å². The predicted octanol–water partition coefficient (Wildman–Crippen LogP) is -0.212. The monoisotopic (exact) mass is 171 g/mol. The zero-order chi connectivity index (χ0) is 8.97. The van der Waals surface area contributed by atoms with Crippen LogP contribution in [-0.2, 0) is 9.53 Å². The summed E-state index contributed by atoms with van der Waals surface area (Å²) in [6, 6.07) is 0.0981. The van der Waals surface area contributed by atoms with Crippen molar-refractivity contribution in [1.29, 1.82) is 0 Å². The number of allylic oxidation sites excluding steroid dienone is 1. The van der Waals surface area contributed by atoms with Gasteiger partial charge in [0, 0.05) is 17.8 Å². The molecule has 1 fully saturated rings. The van der Waals surface area contributed by atoms with E-state index in [2.05, 4.69) is 10.1 Å². The van der Waals surface area contributed by atoms with E-state index in [1.54, 1.807) is 0 Å². The number of nitrogens with one attached hydrogen (secondary N) is 1. The minimum Gasteiger partial charge on any atom is -0.466 e. The molecule has 0 bridgehead atoms. The standard InChI is InChI=1S/C8H13NO3/c1-12-8(11)4-6-2-3-7(5-10)9-6/h4,7,9-10H,2-3,5H2,1H3/b6-4-. The van der Waals surface area contributed by atoms with Crippen LogP contribution in [0.4, 0.5) is 0 Å². The molecular formula is C8H13NO3. The second kappa shape index (κ2) is 4.11. The van der Waals surface area contributed by atoms with Gasteiger partial charge in [-0.05, 0) is 12.8 Å². The molecule has 0 amide bonds. The maximum absolute atomic E-state index is 10.8. The number of esters is 1. The first-order valence-electron chi connectivity index (χ1n) is 3.92. The molecular weight excluding hydrogens is 158 g/mol. The first-order valence-corrected chi connectivity index (χ1v) is 3.92. The van der Waals surface area contributed by atoms with Crippen LogP contribution in [0.25, 0.3) is 0 Å². The van der Waals surface area contributed by atoms with Crippen molar-refractivity contribution >= 4 is 5.97 Å². The minimum absolute atomic E-state index is 0.0981. The Morgan fingerprint density at radius 1 is 1.92 bits per heavy atom. The molecule has 0 aromatic carbocycles. The molecule has 1 saturated heterocycles. The molecule has 68 valence electrons. The van der Waals surface area contributed by atoms with E-state index in [-0.39, 0.29) is 18.6 Å². The van der Waals surface area contributed by atoms with Gasteiger partial charge in [-0.3, -0.25) is 0 Å². The van der Waals surface area contributed by atoms with Crippen molar-refractivity contribution < 1.29 is 14.6 Å². The lowest BCUT2D eigenvalue weighted by Gasteiger charge is -2.05. The summed E-state index contributed by atoms with van der Waals surface area (Å²) in [5, 5.41) is 11.8. The third kappa shape index (κ3) is 2.23. The number of carbonyl (C=O) groups excluding carboxylic acids is 1. The lowest BCUT2D eigenvalue weighted by Crippen LogP contribution is -2.24. The molecule has 1 aliphatic rings. The average Bonchev–Trinajstić information content (AvgIpc) is 2.52. The SMILES string of the molecule is COC(=O)/C=C1/CCC(CO)N1. The molecule has 0 aromatic rings. The Morgan fingerprint density at radius 2 is 2.67 bits per heavy atom. The molecule has 1 atom stereocenters. The van der Waals surface area contributed by atoms with Gasteiger partial charge in [0.25, 0.3) is 0 Å². The van der Waals surface area contributed by atoms with Gasteiger partial charge in [0.1, 0.15) is 0 Å². The van der Waals surface area contributed by atoms with E-state index in [1.807, 2.05) is 0 Å². The fraction of sp³-hybridized carbons (Fsp3) is 0.625. The smallest absolute Gasteiger partial charge is 0.332 e. The van der Waals surface area contributed by atoms with Gasteiger partial charge in [0.05, 0.1) is 13.7 Å². The quantitative estimate of drug-likeness (QED) is 0.446. The van der Waals surface area contributed by atoms with E-state index in [0.717, 1.165) is 18.5 Å². The van der Waals surface area contributed by atoms with Crippen molar-refractivity contribution in [3.63, 3.8) is 0 Å². The molecule has 4 heteroatoms. The topological polar surface area (TPSA) is 58.6 Å². The van der Waals surface area contributed by atoms with Crippen molar-refractivity contribution in [2.75, 3.05) is 13.7 Å². The number of rotatable bonds is 2. The molecule has 1 aliphatic heterocycles. The van der Waals surface area contributed by atoms with E-state index in [9.17, 15) is 4.79 Å². The lowest BCUT2D eigenvalue weighted by molar-refractivity contribution is -0.134. The first-order chi connectivity index (χ1) is 5.76. The van der Waals surface area contributed by atoms with Gasteiger partial charge in [-0.1, -0.05) is 0 Å². The molecule has 2 N–H and O–H groups in total. The van der Waals surface area contributed by atoms with Crippen LogP contribution in [0, 0.1) is 0 Å². The lowest BCUT2D eigenvalue weighted by atomic mass is 10.2. The van der Waals surface area contributed by atoms with Crippen LogP contribution in [0.3, 0.4) is 0 Å². The largest absolute Gasteiger partial charge is 0.466 e. The summed E-state index contributed by atoms with van der Waals surface area (Å²) in [7, 11) is 1.35. The number of carbonyl (C=O) groups is 1. The van der Waals surface area contributed by atoms with Crippen LogP contribution in [0.15, 0.2) is 11.8 Å². The summed E-state index contributed by atoms with van der Waals surface area (Å²) in [5.74, 6) is -0.351. The Bertz CT molecular complexity index is 200. The van der Waals surface area contributed by atoms with Crippen molar-refractivity contribution in [2.24, 2.45) is 0 Å². The van der Waals surface area contributed by atoms with Gasteiger partial charge in [-0.2, -0.15) is 0 Å². The Balaban J connectivity index is 2.45. The van der Waals surface area contributed by atoms with E-state index in [0.29, 0.717) is 0 Å². The molecule has 4 nitrogen and oxygen atoms in total. The number of methoxy groups -OCH3 is 1. The molecule has 0 saturated carbocycles. The van der Waals surface area contributed by atoms with E-state index in [1.165, 1.54) is 13.2 Å². The van der Waals surface area contributed by atoms with Gasteiger partial charge in [0.2, 0.25) is 0 Å². The number of ether oxygens (including phenoxy) is 1. The van der Waals surface area contributed by atoms with E-state index in [4.69, 9.17) is 5.11 Å². The number of hydrogen-bond donors (Lipinski definition) is 2. The van der Waals surface area contributed by atoms with Crippen molar-refractivity contribution in [1.82, 2.24) is 5.32 Å². The highest BCUT2D eigenvalue weighted by Gasteiger charge is 2.17. The zero-order valence-electron chi connectivity index (χ0n) is 7.04. The molecule has 1 rings (SSSR count). The maximum atomic E-state index is 10.8. The Labute approximate surface area is 71.2 Å². The highest BCUT2D eigenvalue weighted by atomic mass is 16.5. The van der Waals surface area contributed by atoms with Gasteiger partial charge in [0.15, 0.2) is 0 Å². The zero-order valence-corrected chi connectivity index (χ0v) is 7.04. The second-order valence-electron chi connectivity index (χ2n) is 2.76. The summed E-state index contributed by atoms with van der Waals surface area (Å²) in [6.45, 7) is 0.110. The fourth-order valence-electron chi connectivity index (χ4n) is 1.19. The number of aliphatic hydroxyl groups excluding tert-OH is 1.